The van der Waals surface area contributed by atoms with E-state index < -0.39 is 0 Å². The average Bonchev–Trinajstić information content (AvgIpc) is 3.06. The quantitative estimate of drug-likeness (QED) is 0.809. The molecule has 0 aliphatic carbocycles. The van der Waals surface area contributed by atoms with Gasteiger partial charge in [-0.05, 0) is 62.3 Å². The van der Waals surface area contributed by atoms with Gasteiger partial charge in [-0.25, -0.2) is 0 Å². The summed E-state index contributed by atoms with van der Waals surface area (Å²) in [5.41, 5.74) is 4.40. The average molecular weight is 356 g/mol. The zero-order valence-electron chi connectivity index (χ0n) is 16.3. The first-order chi connectivity index (χ1) is 12.7. The van der Waals surface area contributed by atoms with Gasteiger partial charge in [-0.1, -0.05) is 18.6 Å². The Bertz CT molecular complexity index is 644. The third kappa shape index (κ3) is 3.90. The van der Waals surface area contributed by atoms with E-state index in [0.29, 0.717) is 11.9 Å². The number of amides is 1. The molecule has 0 aromatic heterocycles. The molecule has 2 saturated heterocycles. The van der Waals surface area contributed by atoms with Gasteiger partial charge in [-0.3, -0.25) is 9.69 Å². The van der Waals surface area contributed by atoms with Crippen LogP contribution >= 0.6 is 0 Å². The number of hydrogen-bond acceptors (Lipinski definition) is 3. The molecule has 4 nitrogen and oxygen atoms in total. The molecular formula is C22H33N3O. The van der Waals surface area contributed by atoms with Crippen LogP contribution in [0.4, 0.5) is 5.69 Å². The molecule has 4 heteroatoms. The molecule has 1 amide bonds. The van der Waals surface area contributed by atoms with Gasteiger partial charge in [0.1, 0.15) is 0 Å². The Kier molecular flexibility index (Phi) is 5.49. The van der Waals surface area contributed by atoms with Gasteiger partial charge in [0.25, 0.3) is 0 Å². The number of carbonyl (C=O) groups is 1. The maximum Gasteiger partial charge on any atom is 0.222 e. The molecular weight excluding hydrogens is 322 g/mol. The number of rotatable bonds is 5. The van der Waals surface area contributed by atoms with Crippen LogP contribution in [0.15, 0.2) is 18.2 Å². The molecule has 0 spiro atoms. The third-order valence-electron chi connectivity index (χ3n) is 6.53. The van der Waals surface area contributed by atoms with Gasteiger partial charge in [-0.15, -0.1) is 0 Å². The third-order valence-corrected chi connectivity index (χ3v) is 6.53. The van der Waals surface area contributed by atoms with Gasteiger partial charge in [0.15, 0.2) is 0 Å². The Morgan fingerprint density at radius 1 is 1.04 bits per heavy atom. The first-order valence-corrected chi connectivity index (χ1v) is 10.6. The maximum absolute atomic E-state index is 11.9. The Balaban J connectivity index is 1.39. The Labute approximate surface area is 158 Å². The lowest BCUT2D eigenvalue weighted by Crippen LogP contribution is -2.41. The van der Waals surface area contributed by atoms with Gasteiger partial charge in [0.05, 0.1) is 0 Å². The Morgan fingerprint density at radius 2 is 1.92 bits per heavy atom. The van der Waals surface area contributed by atoms with Crippen molar-refractivity contribution in [1.29, 1.82) is 0 Å². The lowest BCUT2D eigenvalue weighted by molar-refractivity contribution is -0.127. The van der Waals surface area contributed by atoms with Crippen LogP contribution < -0.4 is 4.90 Å². The van der Waals surface area contributed by atoms with E-state index in [1.807, 2.05) is 0 Å². The summed E-state index contributed by atoms with van der Waals surface area (Å²) in [7, 11) is 2.21. The van der Waals surface area contributed by atoms with Crippen molar-refractivity contribution < 1.29 is 4.79 Å². The number of hydrogen-bond donors (Lipinski definition) is 0. The van der Waals surface area contributed by atoms with Gasteiger partial charge in [-0.2, -0.15) is 0 Å². The van der Waals surface area contributed by atoms with E-state index in [2.05, 4.69) is 39.9 Å². The summed E-state index contributed by atoms with van der Waals surface area (Å²) in [6.45, 7) is 5.37. The van der Waals surface area contributed by atoms with E-state index in [-0.39, 0.29) is 0 Å². The highest BCUT2D eigenvalue weighted by Crippen LogP contribution is 2.29. The molecule has 0 saturated carbocycles. The van der Waals surface area contributed by atoms with E-state index in [1.165, 1.54) is 62.0 Å². The zero-order chi connectivity index (χ0) is 17.9. The van der Waals surface area contributed by atoms with Crippen molar-refractivity contribution in [3.05, 3.63) is 29.3 Å². The molecule has 142 valence electrons. The van der Waals surface area contributed by atoms with Crippen molar-refractivity contribution in [1.82, 2.24) is 9.80 Å². The molecule has 3 aliphatic rings. The lowest BCUT2D eigenvalue weighted by atomic mass is 9.96. The summed E-state index contributed by atoms with van der Waals surface area (Å²) < 4.78 is 0. The second kappa shape index (κ2) is 7.99. The fourth-order valence-electron chi connectivity index (χ4n) is 5.01. The van der Waals surface area contributed by atoms with Crippen molar-refractivity contribution >= 4 is 11.6 Å². The number of fused-ring (bicyclic) bond motifs is 1. The van der Waals surface area contributed by atoms with Crippen LogP contribution in [0.3, 0.4) is 0 Å². The topological polar surface area (TPSA) is 26.8 Å². The molecule has 0 N–H and O–H groups in total. The lowest BCUT2D eigenvalue weighted by Gasteiger charge is -2.37. The van der Waals surface area contributed by atoms with Gasteiger partial charge in [0.2, 0.25) is 5.91 Å². The molecule has 0 bridgehead atoms. The van der Waals surface area contributed by atoms with Crippen LogP contribution in [0.5, 0.6) is 0 Å². The Hall–Kier alpha value is -1.55. The van der Waals surface area contributed by atoms with Crippen molar-refractivity contribution in [3.8, 4) is 0 Å². The molecule has 3 heterocycles. The largest absolute Gasteiger partial charge is 0.374 e. The number of aryl methyl sites for hydroxylation is 1. The maximum atomic E-state index is 11.9. The molecule has 0 radical (unpaired) electrons. The molecule has 1 atom stereocenters. The standard InChI is InChI=1S/C22H33N3O/c1-23-12-4-6-19-16-18(9-10-21(19)23)17-25-13-3-2-7-20(25)11-15-24-14-5-8-22(24)26/h9-10,16,20H,2-8,11-15,17H2,1H3. The van der Waals surface area contributed by atoms with Crippen LogP contribution in [0.25, 0.3) is 0 Å². The predicted octanol–water partition coefficient (Wildman–Crippen LogP) is 3.44. The van der Waals surface area contributed by atoms with Crippen LogP contribution in [-0.2, 0) is 17.8 Å². The number of nitrogens with zero attached hydrogens (tertiary/aromatic N) is 3. The summed E-state index contributed by atoms with van der Waals surface area (Å²) in [6, 6.07) is 7.73. The fourth-order valence-corrected chi connectivity index (χ4v) is 5.01. The first-order valence-electron chi connectivity index (χ1n) is 10.6. The number of piperidine rings is 1. The van der Waals surface area contributed by atoms with E-state index in [0.717, 1.165) is 38.9 Å². The van der Waals surface area contributed by atoms with E-state index in [9.17, 15) is 4.79 Å². The highest BCUT2D eigenvalue weighted by Gasteiger charge is 2.26. The molecule has 1 aromatic rings. The zero-order valence-corrected chi connectivity index (χ0v) is 16.3. The van der Waals surface area contributed by atoms with Crippen LogP contribution in [0, 0.1) is 0 Å². The molecule has 2 fully saturated rings. The summed E-state index contributed by atoms with van der Waals surface area (Å²) in [5.74, 6) is 0.367. The van der Waals surface area contributed by atoms with Crippen LogP contribution in [0.1, 0.15) is 56.1 Å². The molecule has 1 aromatic carbocycles. The Morgan fingerprint density at radius 3 is 2.77 bits per heavy atom. The van der Waals surface area contributed by atoms with Crippen molar-refractivity contribution in [2.75, 3.05) is 38.1 Å². The van der Waals surface area contributed by atoms with Crippen molar-refractivity contribution in [2.24, 2.45) is 0 Å². The second-order valence-electron chi connectivity index (χ2n) is 8.38. The number of likely N-dealkylation sites (tertiary alicyclic amines) is 2. The summed E-state index contributed by atoms with van der Waals surface area (Å²) in [4.78, 5) is 19.0. The monoisotopic (exact) mass is 355 g/mol. The van der Waals surface area contributed by atoms with E-state index in [4.69, 9.17) is 0 Å². The van der Waals surface area contributed by atoms with Gasteiger partial charge >= 0.3 is 0 Å². The minimum Gasteiger partial charge on any atom is -0.374 e. The van der Waals surface area contributed by atoms with Crippen LogP contribution in [0.2, 0.25) is 0 Å². The van der Waals surface area contributed by atoms with Crippen molar-refractivity contribution in [3.63, 3.8) is 0 Å². The smallest absolute Gasteiger partial charge is 0.222 e. The minimum absolute atomic E-state index is 0.367. The van der Waals surface area contributed by atoms with Crippen LogP contribution in [-0.4, -0.2) is 55.0 Å². The van der Waals surface area contributed by atoms with Gasteiger partial charge < -0.3 is 9.80 Å². The van der Waals surface area contributed by atoms with E-state index in [1.54, 1.807) is 0 Å². The first kappa shape index (κ1) is 17.8. The van der Waals surface area contributed by atoms with Gasteiger partial charge in [0, 0.05) is 51.4 Å². The normalized spacial score (nSPS) is 24.2. The molecule has 1 unspecified atom stereocenters. The predicted molar refractivity (Wildman–Crippen MR) is 107 cm³/mol. The highest BCUT2D eigenvalue weighted by atomic mass is 16.2. The van der Waals surface area contributed by atoms with E-state index >= 15 is 0 Å². The number of benzene rings is 1. The summed E-state index contributed by atoms with van der Waals surface area (Å²) in [6.07, 6.45) is 9.37. The highest BCUT2D eigenvalue weighted by molar-refractivity contribution is 5.78. The fraction of sp³-hybridized carbons (Fsp3) is 0.682. The molecule has 3 aliphatic heterocycles. The summed E-state index contributed by atoms with van der Waals surface area (Å²) >= 11 is 0. The molecule has 26 heavy (non-hydrogen) atoms. The molecule has 4 rings (SSSR count). The summed E-state index contributed by atoms with van der Waals surface area (Å²) in [5, 5.41) is 0. The SMILES string of the molecule is CN1CCCc2cc(CN3CCCCC3CCN3CCCC3=O)ccc21. The second-order valence-corrected chi connectivity index (χ2v) is 8.38. The number of anilines is 1. The minimum atomic E-state index is 0.367. The van der Waals surface area contributed by atoms with Crippen molar-refractivity contribution in [2.45, 2.75) is 64.0 Å². The number of carbonyl (C=O) groups excluding carboxylic acids is 1.